The van der Waals surface area contributed by atoms with E-state index in [1.165, 1.54) is 7.05 Å². The summed E-state index contributed by atoms with van der Waals surface area (Å²) >= 11 is 0. The summed E-state index contributed by atoms with van der Waals surface area (Å²) in [4.78, 5) is 0. The summed E-state index contributed by atoms with van der Waals surface area (Å²) in [6.07, 6.45) is 3.76. The van der Waals surface area contributed by atoms with Crippen molar-refractivity contribution in [1.29, 1.82) is 0 Å². The van der Waals surface area contributed by atoms with Crippen LogP contribution in [0.3, 0.4) is 0 Å². The topological polar surface area (TPSA) is 89.6 Å². The maximum Gasteiger partial charge on any atom is 0.397 e. The van der Waals surface area contributed by atoms with Crippen molar-refractivity contribution in [1.82, 2.24) is 0 Å². The first-order chi connectivity index (χ1) is 6.06. The average Bonchev–Trinajstić information content (AvgIpc) is 2.06. The van der Waals surface area contributed by atoms with Crippen molar-refractivity contribution in [2.45, 2.75) is 32.6 Å². The molecule has 0 rings (SSSR count). The monoisotopic (exact) mass is 213 g/mol. The first kappa shape index (κ1) is 15.3. The van der Waals surface area contributed by atoms with Crippen molar-refractivity contribution in [3.8, 4) is 0 Å². The Morgan fingerprint density at radius 1 is 1.23 bits per heavy atom. The van der Waals surface area contributed by atoms with Crippen LogP contribution in [0.25, 0.3) is 0 Å². The number of rotatable bonds is 6. The molecule has 0 unspecified atom stereocenters. The van der Waals surface area contributed by atoms with Gasteiger partial charge in [0.25, 0.3) is 0 Å². The Hall–Kier alpha value is -0.170. The molecule has 0 radical (unpaired) electrons. The molecule has 3 N–H and O–H groups in total. The quantitative estimate of drug-likeness (QED) is 0.506. The van der Waals surface area contributed by atoms with Gasteiger partial charge >= 0.3 is 10.4 Å². The molecule has 6 heteroatoms. The summed E-state index contributed by atoms with van der Waals surface area (Å²) in [5.41, 5.74) is 4.50. The Morgan fingerprint density at radius 3 is 2.15 bits per heavy atom. The van der Waals surface area contributed by atoms with Crippen LogP contribution in [0, 0.1) is 0 Å². The van der Waals surface area contributed by atoms with Crippen molar-refractivity contribution in [2.75, 3.05) is 13.7 Å². The minimum Gasteiger partial charge on any atom is -0.333 e. The van der Waals surface area contributed by atoms with Gasteiger partial charge in [-0.05, 0) is 13.5 Å². The Balaban J connectivity index is 0. The van der Waals surface area contributed by atoms with Crippen molar-refractivity contribution >= 4 is 10.4 Å². The highest BCUT2D eigenvalue weighted by Crippen LogP contribution is 1.99. The summed E-state index contributed by atoms with van der Waals surface area (Å²) in [7, 11) is -2.71. The smallest absolute Gasteiger partial charge is 0.333 e. The minimum atomic E-state index is -4.21. The largest absolute Gasteiger partial charge is 0.397 e. The molecule has 0 aromatic carbocycles. The van der Waals surface area contributed by atoms with Gasteiger partial charge in [0, 0.05) is 0 Å². The predicted molar refractivity (Wildman–Crippen MR) is 51.8 cm³/mol. The summed E-state index contributed by atoms with van der Waals surface area (Å²) in [6, 6.07) is 0. The highest BCUT2D eigenvalue weighted by Gasteiger charge is 2.01. The van der Waals surface area contributed by atoms with Crippen LogP contribution in [-0.2, 0) is 14.6 Å². The van der Waals surface area contributed by atoms with Crippen LogP contribution >= 0.6 is 0 Å². The number of unbranched alkanes of at least 4 members (excludes halogenated alkanes) is 3. The highest BCUT2D eigenvalue weighted by molar-refractivity contribution is 7.80. The first-order valence-electron chi connectivity index (χ1n) is 4.26. The number of hydrogen-bond donors (Lipinski definition) is 2. The Bertz CT molecular complexity index is 179. The highest BCUT2D eigenvalue weighted by atomic mass is 32.3. The fraction of sp³-hybridized carbons (Fsp3) is 1.00. The predicted octanol–water partition coefficient (Wildman–Crippen LogP) is 0.961. The van der Waals surface area contributed by atoms with E-state index in [1.54, 1.807) is 0 Å². The van der Waals surface area contributed by atoms with Gasteiger partial charge in [0.15, 0.2) is 0 Å². The van der Waals surface area contributed by atoms with Crippen molar-refractivity contribution in [3.05, 3.63) is 0 Å². The summed E-state index contributed by atoms with van der Waals surface area (Å²) in [6.45, 7) is 2.14. The van der Waals surface area contributed by atoms with Crippen molar-refractivity contribution in [3.63, 3.8) is 0 Å². The normalized spacial score (nSPS) is 10.5. The van der Waals surface area contributed by atoms with Crippen molar-refractivity contribution in [2.24, 2.45) is 5.73 Å². The standard InChI is InChI=1S/C6H14O4S.CH5N/c1-2-3-4-5-6-10-11(7,8)9;1-2/h2-6H2,1H3,(H,7,8,9);2H2,1H3. The second kappa shape index (κ2) is 9.91. The van der Waals surface area contributed by atoms with Gasteiger partial charge in [-0.2, -0.15) is 8.42 Å². The Labute approximate surface area is 80.2 Å². The summed E-state index contributed by atoms with van der Waals surface area (Å²) in [5, 5.41) is 0. The molecule has 0 aliphatic heterocycles. The fourth-order valence-corrected chi connectivity index (χ4v) is 1.02. The Morgan fingerprint density at radius 2 is 1.77 bits per heavy atom. The summed E-state index contributed by atoms with van der Waals surface area (Å²) in [5.74, 6) is 0. The lowest BCUT2D eigenvalue weighted by Gasteiger charge is -1.98. The van der Waals surface area contributed by atoms with Gasteiger partial charge in [0.1, 0.15) is 0 Å². The van der Waals surface area contributed by atoms with Crippen LogP contribution in [0.2, 0.25) is 0 Å². The zero-order valence-corrected chi connectivity index (χ0v) is 9.01. The van der Waals surface area contributed by atoms with E-state index in [0.29, 0.717) is 6.42 Å². The van der Waals surface area contributed by atoms with E-state index in [4.69, 9.17) is 4.55 Å². The van der Waals surface area contributed by atoms with Gasteiger partial charge in [-0.15, -0.1) is 0 Å². The van der Waals surface area contributed by atoms with E-state index in [2.05, 4.69) is 16.8 Å². The molecule has 0 fully saturated rings. The van der Waals surface area contributed by atoms with E-state index in [-0.39, 0.29) is 6.61 Å². The van der Waals surface area contributed by atoms with E-state index in [0.717, 1.165) is 19.3 Å². The number of hydrogen-bond acceptors (Lipinski definition) is 4. The lowest BCUT2D eigenvalue weighted by Crippen LogP contribution is -2.04. The van der Waals surface area contributed by atoms with E-state index < -0.39 is 10.4 Å². The van der Waals surface area contributed by atoms with Crippen LogP contribution < -0.4 is 5.73 Å². The van der Waals surface area contributed by atoms with Crippen LogP contribution in [0.1, 0.15) is 32.6 Å². The molecule has 0 saturated carbocycles. The molecule has 0 saturated heterocycles. The third-order valence-electron chi connectivity index (χ3n) is 1.23. The van der Waals surface area contributed by atoms with Crippen LogP contribution in [-0.4, -0.2) is 26.6 Å². The van der Waals surface area contributed by atoms with Gasteiger partial charge in [0.2, 0.25) is 0 Å². The molecule has 0 amide bonds. The minimum absolute atomic E-state index is 0.0822. The molecule has 0 aliphatic carbocycles. The van der Waals surface area contributed by atoms with Gasteiger partial charge in [-0.1, -0.05) is 26.2 Å². The molecule has 0 atom stereocenters. The van der Waals surface area contributed by atoms with Gasteiger partial charge in [-0.25, -0.2) is 4.18 Å². The van der Waals surface area contributed by atoms with Crippen LogP contribution in [0.15, 0.2) is 0 Å². The molecule has 5 nitrogen and oxygen atoms in total. The second-order valence-electron chi connectivity index (χ2n) is 2.31. The molecule has 82 valence electrons. The van der Waals surface area contributed by atoms with Gasteiger partial charge in [0.05, 0.1) is 6.61 Å². The van der Waals surface area contributed by atoms with Gasteiger partial charge in [-0.3, -0.25) is 4.55 Å². The molecular formula is C7H19NO4S. The lowest BCUT2D eigenvalue weighted by molar-refractivity contribution is 0.261. The fourth-order valence-electron chi connectivity index (χ4n) is 0.693. The molecule has 0 aliphatic rings. The summed E-state index contributed by atoms with van der Waals surface area (Å²) < 4.78 is 32.2. The second-order valence-corrected chi connectivity index (χ2v) is 3.40. The third kappa shape index (κ3) is 18.6. The molecule has 0 aromatic rings. The van der Waals surface area contributed by atoms with Gasteiger partial charge < -0.3 is 5.73 Å². The van der Waals surface area contributed by atoms with Crippen molar-refractivity contribution < 1.29 is 17.2 Å². The molecule has 0 bridgehead atoms. The maximum atomic E-state index is 10.00. The van der Waals surface area contributed by atoms with Crippen LogP contribution in [0.4, 0.5) is 0 Å². The molecule has 0 aromatic heterocycles. The maximum absolute atomic E-state index is 10.00. The zero-order valence-electron chi connectivity index (χ0n) is 8.19. The Kier molecular flexibility index (Phi) is 11.7. The number of nitrogens with two attached hydrogens (primary N) is 1. The van der Waals surface area contributed by atoms with Crippen LogP contribution in [0.5, 0.6) is 0 Å². The molecule has 0 spiro atoms. The average molecular weight is 213 g/mol. The van der Waals surface area contributed by atoms with E-state index in [9.17, 15) is 8.42 Å². The van der Waals surface area contributed by atoms with E-state index in [1.807, 2.05) is 0 Å². The third-order valence-corrected chi connectivity index (χ3v) is 1.69. The van der Waals surface area contributed by atoms with E-state index >= 15 is 0 Å². The first-order valence-corrected chi connectivity index (χ1v) is 5.62. The molecule has 13 heavy (non-hydrogen) atoms. The molecular weight excluding hydrogens is 194 g/mol. The lowest BCUT2D eigenvalue weighted by atomic mass is 10.2. The SMILES string of the molecule is CCCCCCOS(=O)(=O)O.CN. The molecule has 0 heterocycles. The zero-order chi connectivity index (χ0) is 10.7.